The molecule has 0 saturated carbocycles. The molecule has 0 aromatic carbocycles. The van der Waals surface area contributed by atoms with E-state index in [0.29, 0.717) is 12.0 Å². The lowest BCUT2D eigenvalue weighted by molar-refractivity contribution is -0.152. The first-order valence-corrected chi connectivity index (χ1v) is 8.48. The summed E-state index contributed by atoms with van der Waals surface area (Å²) in [4.78, 5) is 39.0. The van der Waals surface area contributed by atoms with Crippen LogP contribution in [0.25, 0.3) is 5.53 Å². The van der Waals surface area contributed by atoms with Crippen molar-refractivity contribution < 1.29 is 36.9 Å². The number of amides is 1. The van der Waals surface area contributed by atoms with E-state index in [0.717, 1.165) is 6.92 Å². The summed E-state index contributed by atoms with van der Waals surface area (Å²) in [6.45, 7) is -1.46. The Labute approximate surface area is 154 Å². The van der Waals surface area contributed by atoms with Crippen molar-refractivity contribution >= 4 is 35.6 Å². The van der Waals surface area contributed by atoms with Crippen molar-refractivity contribution in [1.82, 2.24) is 5.32 Å². The summed E-state index contributed by atoms with van der Waals surface area (Å²) in [5, 5.41) is 2.26. The maximum absolute atomic E-state index is 12.5. The normalized spacial score (nSPS) is 18.8. The third kappa shape index (κ3) is 9.44. The summed E-state index contributed by atoms with van der Waals surface area (Å²) >= 11 is 1.35. The number of ketones is 1. The lowest BCUT2D eigenvalue weighted by atomic mass is 10.1. The van der Waals surface area contributed by atoms with E-state index in [9.17, 15) is 14.4 Å². The highest BCUT2D eigenvalue weighted by Crippen LogP contribution is 2.07. The van der Waals surface area contributed by atoms with Gasteiger partial charge in [-0.25, -0.2) is 4.79 Å². The van der Waals surface area contributed by atoms with Gasteiger partial charge in [0.2, 0.25) is 11.7 Å². The van der Waals surface area contributed by atoms with E-state index in [1.807, 2.05) is 0 Å². The molecule has 0 aromatic rings. The van der Waals surface area contributed by atoms with Gasteiger partial charge in [0.05, 0.1) is 10.2 Å². The zero-order valence-electron chi connectivity index (χ0n) is 19.5. The molecular formula is C15H25N3O5S. The minimum Gasteiger partial charge on any atom is -0.461 e. The third-order valence-electron chi connectivity index (χ3n) is 2.79. The average Bonchev–Trinajstić information content (AvgIpc) is 2.60. The number of hydrogen-bond acceptors (Lipinski definition) is 6. The molecule has 9 heteroatoms. The molecule has 0 bridgehead atoms. The molecule has 3 atom stereocenters. The number of rotatable bonds is 12. The topological polar surface area (TPSA) is 118 Å². The molecule has 0 aliphatic carbocycles. The highest BCUT2D eigenvalue weighted by Gasteiger charge is 2.27. The molecule has 0 aliphatic rings. The van der Waals surface area contributed by atoms with Crippen LogP contribution in [0.3, 0.4) is 0 Å². The van der Waals surface area contributed by atoms with E-state index < -0.39 is 49.8 Å². The van der Waals surface area contributed by atoms with Gasteiger partial charge in [0.15, 0.2) is 0 Å². The monoisotopic (exact) mass is 365 g/mol. The van der Waals surface area contributed by atoms with Gasteiger partial charge >= 0.3 is 12.2 Å². The predicted molar refractivity (Wildman–Crippen MR) is 90.9 cm³/mol. The van der Waals surface area contributed by atoms with Gasteiger partial charge in [-0.2, -0.15) is 16.6 Å². The Hall–Kier alpha value is -1.70. The van der Waals surface area contributed by atoms with E-state index >= 15 is 0 Å². The molecule has 0 spiro atoms. The van der Waals surface area contributed by atoms with Crippen LogP contribution in [0.4, 0.5) is 0 Å². The Morgan fingerprint density at radius 1 is 1.42 bits per heavy atom. The largest absolute Gasteiger partial charge is 0.461 e. The molecule has 8 nitrogen and oxygen atoms in total. The number of nitrogens with one attached hydrogen (secondary N) is 1. The second-order valence-corrected chi connectivity index (χ2v) is 5.76. The Kier molecular flexibility index (Phi) is 7.18. The maximum atomic E-state index is 12.5. The smallest absolute Gasteiger partial charge is 0.328 e. The van der Waals surface area contributed by atoms with Gasteiger partial charge in [-0.05, 0) is 38.6 Å². The van der Waals surface area contributed by atoms with E-state index in [4.69, 9.17) is 23.2 Å². The molecule has 0 rings (SSSR count). The predicted octanol–water partition coefficient (Wildman–Crippen LogP) is 0.841. The number of esters is 1. The molecule has 24 heavy (non-hydrogen) atoms. The van der Waals surface area contributed by atoms with Crippen LogP contribution in [0.2, 0.25) is 0 Å². The van der Waals surface area contributed by atoms with Crippen molar-refractivity contribution in [2.75, 3.05) is 19.0 Å². The Balaban J connectivity index is 5.43. The lowest BCUT2D eigenvalue weighted by Crippen LogP contribution is -2.47. The molecule has 0 saturated heterocycles. The van der Waals surface area contributed by atoms with Gasteiger partial charge < -0.3 is 20.3 Å². The van der Waals surface area contributed by atoms with Crippen molar-refractivity contribution in [2.24, 2.45) is 0 Å². The van der Waals surface area contributed by atoms with E-state index in [2.05, 4.69) is 10.1 Å². The van der Waals surface area contributed by atoms with E-state index in [1.165, 1.54) is 11.8 Å². The Morgan fingerprint density at radius 3 is 2.75 bits per heavy atom. The zero-order valence-corrected chi connectivity index (χ0v) is 14.3. The van der Waals surface area contributed by atoms with Crippen LogP contribution >= 0.6 is 11.8 Å². The number of methoxy groups -OCH3 is 1. The van der Waals surface area contributed by atoms with Crippen molar-refractivity contribution in [3.63, 3.8) is 0 Å². The highest BCUT2D eigenvalue weighted by molar-refractivity contribution is 7.98. The van der Waals surface area contributed by atoms with Crippen LogP contribution < -0.4 is 5.32 Å². The molecule has 0 aliphatic heterocycles. The number of hydrogen-bond donors (Lipinski definition) is 1. The highest BCUT2D eigenvalue weighted by atomic mass is 32.2. The number of nitrogens with zero attached hydrogens (tertiary/aromatic N) is 2. The summed E-state index contributed by atoms with van der Waals surface area (Å²) in [5.74, 6) is -2.30. The Bertz CT molecular complexity index is 652. The molecule has 0 radical (unpaired) electrons. The van der Waals surface area contributed by atoms with Crippen molar-refractivity contribution in [3.05, 3.63) is 5.53 Å². The van der Waals surface area contributed by atoms with Gasteiger partial charge in [0, 0.05) is 17.6 Å². The van der Waals surface area contributed by atoms with Crippen LogP contribution in [-0.4, -0.2) is 66.0 Å². The van der Waals surface area contributed by atoms with Crippen molar-refractivity contribution in [2.45, 2.75) is 51.3 Å². The van der Waals surface area contributed by atoms with Gasteiger partial charge in [-0.1, -0.05) is 0 Å². The second-order valence-electron chi connectivity index (χ2n) is 4.78. The molecule has 0 fully saturated rings. The molecule has 1 amide bonds. The molecule has 0 aromatic heterocycles. The quantitative estimate of drug-likeness (QED) is 0.237. The number of ether oxygens (including phenoxy) is 2. The first kappa shape index (κ1) is 13.6. The number of carbonyl (C=O) groups excluding carboxylic acids is 3. The first-order valence-electron chi connectivity index (χ1n) is 10.1. The number of carbonyl (C=O) groups is 3. The van der Waals surface area contributed by atoms with Gasteiger partial charge in [0.25, 0.3) is 0 Å². The van der Waals surface area contributed by atoms with Crippen LogP contribution in [0, 0.1) is 0 Å². The minimum absolute atomic E-state index is 0.0366. The van der Waals surface area contributed by atoms with Crippen LogP contribution in [0.15, 0.2) is 0 Å². The van der Waals surface area contributed by atoms with Gasteiger partial charge in [-0.15, -0.1) is 0 Å². The number of thioether (sulfide) groups is 1. The van der Waals surface area contributed by atoms with Crippen LogP contribution in [0.5, 0.6) is 0 Å². The fourth-order valence-corrected chi connectivity index (χ4v) is 2.10. The van der Waals surface area contributed by atoms with Crippen LogP contribution in [0.1, 0.15) is 41.3 Å². The van der Waals surface area contributed by atoms with Gasteiger partial charge in [-0.3, -0.25) is 9.59 Å². The SMILES string of the molecule is [2H]C([2H])([2H])O[C@@H](CCSC)C(=O)N[C@@H](CCC(=O)C=[N+]=[N-])C(=O)OC(C)C([2H])([2H])[2H]. The lowest BCUT2D eigenvalue weighted by Gasteiger charge is -2.21. The molecular weight excluding hydrogens is 334 g/mol. The molecule has 136 valence electrons. The van der Waals surface area contributed by atoms with Crippen LogP contribution in [-0.2, 0) is 23.9 Å². The zero-order chi connectivity index (χ0) is 23.5. The first-order chi connectivity index (χ1) is 13.7. The molecule has 1 unspecified atom stereocenters. The summed E-state index contributed by atoms with van der Waals surface area (Å²) in [6, 6.07) is -1.45. The maximum Gasteiger partial charge on any atom is 0.328 e. The summed E-state index contributed by atoms with van der Waals surface area (Å²) in [7, 11) is -2.86. The second kappa shape index (κ2) is 12.7. The fraction of sp³-hybridized carbons (Fsp3) is 0.733. The van der Waals surface area contributed by atoms with Crippen molar-refractivity contribution in [1.29, 1.82) is 0 Å². The average molecular weight is 365 g/mol. The van der Waals surface area contributed by atoms with E-state index in [1.54, 1.807) is 6.26 Å². The Morgan fingerprint density at radius 2 is 2.17 bits per heavy atom. The standard InChI is InChI=1S/C15H25N3O5S/c1-10(2)23-15(21)12(6-5-11(19)9-17-16)18-14(20)13(22-3)7-8-24-4/h9-10,12-13H,5-8H2,1-4H3,(H,18,20)/t12-,13-/m0/s1/i1D3,3D3/t10?,12-,13-. The van der Waals surface area contributed by atoms with Crippen molar-refractivity contribution in [3.8, 4) is 0 Å². The fourth-order valence-electron chi connectivity index (χ4n) is 1.65. The number of Topliss-reactive ketones (excluding diaryl/α,β-unsaturated/α-hetero) is 1. The third-order valence-corrected chi connectivity index (χ3v) is 3.44. The minimum atomic E-state index is -2.86. The summed E-state index contributed by atoms with van der Waals surface area (Å²) in [6.07, 6.45) is -1.13. The van der Waals surface area contributed by atoms with Gasteiger partial charge in [0.1, 0.15) is 12.1 Å². The summed E-state index contributed by atoms with van der Waals surface area (Å²) in [5.41, 5.74) is 8.38. The van der Waals surface area contributed by atoms with E-state index in [-0.39, 0.29) is 19.3 Å². The molecule has 0 heterocycles. The molecule has 1 N–H and O–H groups in total. The summed E-state index contributed by atoms with van der Waals surface area (Å²) < 4.78 is 53.0.